The number of aryl methyl sites for hydroxylation is 1. The monoisotopic (exact) mass is 320 g/mol. The molecule has 1 fully saturated rings. The van der Waals surface area contributed by atoms with Gasteiger partial charge in [-0.05, 0) is 38.0 Å². The molecule has 0 aliphatic carbocycles. The van der Waals surface area contributed by atoms with E-state index >= 15 is 0 Å². The number of ether oxygens (including phenoxy) is 1. The normalized spacial score (nSPS) is 22.2. The minimum atomic E-state index is -0.936. The van der Waals surface area contributed by atoms with E-state index in [0.29, 0.717) is 12.2 Å². The van der Waals surface area contributed by atoms with Crippen LogP contribution in [0.5, 0.6) is 5.75 Å². The summed E-state index contributed by atoms with van der Waals surface area (Å²) < 4.78 is 5.51. The average Bonchev–Trinajstić information content (AvgIpc) is 2.69. The molecule has 0 radical (unpaired) electrons. The number of imide groups is 1. The van der Waals surface area contributed by atoms with Gasteiger partial charge in [0.25, 0.3) is 5.91 Å². The lowest BCUT2D eigenvalue weighted by molar-refractivity contribution is -0.132. The summed E-state index contributed by atoms with van der Waals surface area (Å²) in [6, 6.07) is 7.01. The summed E-state index contributed by atoms with van der Waals surface area (Å²) in [5.41, 5.74) is 0.185. The number of nitrogens with zero attached hydrogens (tertiary/aromatic N) is 1. The number of benzene rings is 1. The number of nitrogens with one attached hydrogen (secondary N) is 1. The predicted octanol–water partition coefficient (Wildman–Crippen LogP) is 1.85. The van der Waals surface area contributed by atoms with Gasteiger partial charge >= 0.3 is 6.03 Å². The Kier molecular flexibility index (Phi) is 5.26. The maximum absolute atomic E-state index is 12.4. The molecule has 6 nitrogen and oxygen atoms in total. The Morgan fingerprint density at radius 3 is 2.78 bits per heavy atom. The lowest BCUT2D eigenvalue weighted by atomic mass is 9.96. The third-order valence-corrected chi connectivity index (χ3v) is 3.92. The molecular formula is C17H24N2O4. The maximum Gasteiger partial charge on any atom is 0.325 e. The molecule has 0 saturated carbocycles. The van der Waals surface area contributed by atoms with Gasteiger partial charge in [0.2, 0.25) is 0 Å². The van der Waals surface area contributed by atoms with Crippen molar-refractivity contribution >= 4 is 11.9 Å². The van der Waals surface area contributed by atoms with E-state index in [0.717, 1.165) is 16.9 Å². The van der Waals surface area contributed by atoms with Crippen LogP contribution >= 0.6 is 0 Å². The van der Waals surface area contributed by atoms with Crippen LogP contribution in [0.1, 0.15) is 32.3 Å². The molecule has 2 unspecified atom stereocenters. The van der Waals surface area contributed by atoms with Gasteiger partial charge in [-0.2, -0.15) is 0 Å². The molecule has 2 N–H and O–H groups in total. The van der Waals surface area contributed by atoms with Crippen molar-refractivity contribution in [2.24, 2.45) is 0 Å². The molecule has 126 valence electrons. The molecule has 1 aliphatic rings. The Morgan fingerprint density at radius 1 is 1.39 bits per heavy atom. The summed E-state index contributed by atoms with van der Waals surface area (Å²) in [5, 5.41) is 12.8. The van der Waals surface area contributed by atoms with Crippen molar-refractivity contribution in [2.45, 2.75) is 45.3 Å². The topological polar surface area (TPSA) is 78.9 Å². The van der Waals surface area contributed by atoms with E-state index in [-0.39, 0.29) is 19.1 Å². The largest absolute Gasteiger partial charge is 0.491 e. The van der Waals surface area contributed by atoms with Crippen LogP contribution in [0.25, 0.3) is 0 Å². The standard InChI is InChI=1S/C17H24N2O4/c1-4-8-17(3)15(21)19(16(22)18-17)10-13(20)11-23-14-7-5-6-12(2)9-14/h5-7,9,13,20H,4,8,10-11H2,1-3H3,(H,18,22). The second-order valence-corrected chi connectivity index (χ2v) is 6.21. The molecule has 6 heteroatoms. The van der Waals surface area contributed by atoms with E-state index < -0.39 is 17.7 Å². The summed E-state index contributed by atoms with van der Waals surface area (Å²) >= 11 is 0. The number of aliphatic hydroxyl groups is 1. The molecule has 1 aliphatic heterocycles. The third-order valence-electron chi connectivity index (χ3n) is 3.92. The molecule has 1 saturated heterocycles. The number of amides is 3. The van der Waals surface area contributed by atoms with Gasteiger partial charge in [-0.15, -0.1) is 0 Å². The SMILES string of the molecule is CCCC1(C)NC(=O)N(CC(O)COc2cccc(C)c2)C1=O. The summed E-state index contributed by atoms with van der Waals surface area (Å²) in [7, 11) is 0. The van der Waals surface area contributed by atoms with Crippen LogP contribution in [0.4, 0.5) is 4.79 Å². The second kappa shape index (κ2) is 7.00. The van der Waals surface area contributed by atoms with Crippen LogP contribution in [0.3, 0.4) is 0 Å². The molecule has 0 spiro atoms. The molecule has 2 rings (SSSR count). The minimum Gasteiger partial charge on any atom is -0.491 e. The highest BCUT2D eigenvalue weighted by atomic mass is 16.5. The molecule has 3 amide bonds. The fourth-order valence-electron chi connectivity index (χ4n) is 2.74. The molecule has 23 heavy (non-hydrogen) atoms. The fourth-order valence-corrected chi connectivity index (χ4v) is 2.74. The van der Waals surface area contributed by atoms with E-state index in [1.165, 1.54) is 0 Å². The van der Waals surface area contributed by atoms with Gasteiger partial charge in [0.1, 0.15) is 24.0 Å². The summed E-state index contributed by atoms with van der Waals surface area (Å²) in [6.45, 7) is 5.57. The van der Waals surface area contributed by atoms with Crippen molar-refractivity contribution in [3.63, 3.8) is 0 Å². The number of rotatable bonds is 7. The highest BCUT2D eigenvalue weighted by molar-refractivity contribution is 6.06. The van der Waals surface area contributed by atoms with Crippen LogP contribution in [0, 0.1) is 6.92 Å². The van der Waals surface area contributed by atoms with Crippen LogP contribution in [0.15, 0.2) is 24.3 Å². The first kappa shape index (κ1) is 17.3. The number of β-amino-alcohol motifs (C(OH)–C–C–N with tert-alkyl or cyclic N) is 1. The van der Waals surface area contributed by atoms with Gasteiger partial charge in [0, 0.05) is 0 Å². The first-order chi connectivity index (χ1) is 10.9. The van der Waals surface area contributed by atoms with Crippen molar-refractivity contribution in [1.82, 2.24) is 10.2 Å². The first-order valence-electron chi connectivity index (χ1n) is 7.87. The maximum atomic E-state index is 12.4. The van der Waals surface area contributed by atoms with Crippen molar-refractivity contribution < 1.29 is 19.4 Å². The Balaban J connectivity index is 1.91. The van der Waals surface area contributed by atoms with Crippen molar-refractivity contribution in [3.8, 4) is 5.75 Å². The molecule has 1 aromatic rings. The van der Waals surface area contributed by atoms with E-state index in [2.05, 4.69) is 5.32 Å². The van der Waals surface area contributed by atoms with Gasteiger partial charge in [-0.3, -0.25) is 9.69 Å². The van der Waals surface area contributed by atoms with E-state index in [1.54, 1.807) is 13.0 Å². The zero-order chi connectivity index (χ0) is 17.0. The van der Waals surface area contributed by atoms with Crippen LogP contribution < -0.4 is 10.1 Å². The van der Waals surface area contributed by atoms with Gasteiger partial charge < -0.3 is 15.2 Å². The van der Waals surface area contributed by atoms with Crippen LogP contribution in [-0.2, 0) is 4.79 Å². The number of urea groups is 1. The molecule has 2 atom stereocenters. The van der Waals surface area contributed by atoms with Crippen molar-refractivity contribution in [1.29, 1.82) is 0 Å². The quantitative estimate of drug-likeness (QED) is 0.752. The Labute approximate surface area is 136 Å². The zero-order valence-electron chi connectivity index (χ0n) is 13.8. The number of carbonyl (C=O) groups is 2. The molecule has 0 aromatic heterocycles. The highest BCUT2D eigenvalue weighted by Gasteiger charge is 2.47. The first-order valence-corrected chi connectivity index (χ1v) is 7.87. The smallest absolute Gasteiger partial charge is 0.325 e. The highest BCUT2D eigenvalue weighted by Crippen LogP contribution is 2.22. The van der Waals surface area contributed by atoms with Gasteiger partial charge in [0.15, 0.2) is 0 Å². The van der Waals surface area contributed by atoms with Gasteiger partial charge in [0.05, 0.1) is 6.54 Å². The fraction of sp³-hybridized carbons (Fsp3) is 0.529. The Morgan fingerprint density at radius 2 is 2.13 bits per heavy atom. The zero-order valence-corrected chi connectivity index (χ0v) is 13.8. The number of carbonyl (C=O) groups excluding carboxylic acids is 2. The van der Waals surface area contributed by atoms with Crippen molar-refractivity contribution in [3.05, 3.63) is 29.8 Å². The number of hydrogen-bond donors (Lipinski definition) is 2. The van der Waals surface area contributed by atoms with Crippen LogP contribution in [-0.4, -0.2) is 46.7 Å². The lowest BCUT2D eigenvalue weighted by Crippen LogP contribution is -2.44. The predicted molar refractivity (Wildman–Crippen MR) is 86.2 cm³/mol. The molecule has 1 aromatic carbocycles. The summed E-state index contributed by atoms with van der Waals surface area (Å²) in [4.78, 5) is 25.4. The minimum absolute atomic E-state index is 0.0189. The average molecular weight is 320 g/mol. The van der Waals surface area contributed by atoms with Crippen LogP contribution in [0.2, 0.25) is 0 Å². The molecular weight excluding hydrogens is 296 g/mol. The third kappa shape index (κ3) is 4.01. The van der Waals surface area contributed by atoms with Gasteiger partial charge in [-0.25, -0.2) is 4.79 Å². The number of aliphatic hydroxyl groups excluding tert-OH is 1. The summed E-state index contributed by atoms with van der Waals surface area (Å²) in [6.07, 6.45) is 0.425. The lowest BCUT2D eigenvalue weighted by Gasteiger charge is -2.22. The van der Waals surface area contributed by atoms with E-state index in [4.69, 9.17) is 4.74 Å². The molecule has 1 heterocycles. The second-order valence-electron chi connectivity index (χ2n) is 6.21. The van der Waals surface area contributed by atoms with Gasteiger partial charge in [-0.1, -0.05) is 25.5 Å². The Bertz CT molecular complexity index is 590. The summed E-state index contributed by atoms with van der Waals surface area (Å²) in [5.74, 6) is 0.357. The van der Waals surface area contributed by atoms with Crippen molar-refractivity contribution in [2.75, 3.05) is 13.2 Å². The Hall–Kier alpha value is -2.08. The molecule has 0 bridgehead atoms. The number of hydrogen-bond acceptors (Lipinski definition) is 4. The van der Waals surface area contributed by atoms with E-state index in [9.17, 15) is 14.7 Å². The van der Waals surface area contributed by atoms with E-state index in [1.807, 2.05) is 32.0 Å².